The highest BCUT2D eigenvalue weighted by Crippen LogP contribution is 2.22. The molecule has 0 radical (unpaired) electrons. The number of fused-ring (bicyclic) bond motifs is 1. The number of H-pyrrole nitrogens is 1. The van der Waals surface area contributed by atoms with Crippen LogP contribution in [0.3, 0.4) is 0 Å². The van der Waals surface area contributed by atoms with Crippen LogP contribution in [0.1, 0.15) is 25.7 Å². The third kappa shape index (κ3) is 3.07. The minimum atomic E-state index is -0.159. The first-order chi connectivity index (χ1) is 10.2. The Labute approximate surface area is 122 Å². The number of hydrogen-bond acceptors (Lipinski definition) is 3. The monoisotopic (exact) mass is 286 g/mol. The number of ether oxygens (including phenoxy) is 1. The predicted octanol–water partition coefficient (Wildman–Crippen LogP) is 1.97. The minimum Gasteiger partial charge on any atom is -0.483 e. The summed E-state index contributed by atoms with van der Waals surface area (Å²) < 4.78 is 5.58. The van der Waals surface area contributed by atoms with E-state index in [4.69, 9.17) is 4.74 Å². The number of hydrogen-bond donors (Lipinski definition) is 2. The van der Waals surface area contributed by atoms with Gasteiger partial charge >= 0.3 is 0 Å². The van der Waals surface area contributed by atoms with Crippen LogP contribution in [0.25, 0.3) is 10.8 Å². The lowest BCUT2D eigenvalue weighted by Gasteiger charge is -2.13. The first kappa shape index (κ1) is 13.7. The third-order valence-corrected chi connectivity index (χ3v) is 3.85. The van der Waals surface area contributed by atoms with Crippen LogP contribution in [0.15, 0.2) is 35.3 Å². The van der Waals surface area contributed by atoms with Gasteiger partial charge in [-0.05, 0) is 31.0 Å². The van der Waals surface area contributed by atoms with Crippen molar-refractivity contribution in [2.75, 3.05) is 6.61 Å². The van der Waals surface area contributed by atoms with E-state index in [9.17, 15) is 9.59 Å². The fraction of sp³-hybridized carbons (Fsp3) is 0.375. The van der Waals surface area contributed by atoms with Gasteiger partial charge in [-0.3, -0.25) is 9.59 Å². The fourth-order valence-electron chi connectivity index (χ4n) is 2.80. The summed E-state index contributed by atoms with van der Waals surface area (Å²) in [6.45, 7) is -0.0254. The maximum atomic E-state index is 11.9. The standard InChI is InChI=1S/C16H18N2O3/c19-15(18-11-4-1-2-5-11)10-21-14-7-3-6-13-12(14)8-9-17-16(13)20/h3,6-9,11H,1-2,4-5,10H2,(H,17,20)(H,18,19). The summed E-state index contributed by atoms with van der Waals surface area (Å²) in [5.74, 6) is 0.448. The molecule has 2 N–H and O–H groups in total. The van der Waals surface area contributed by atoms with Gasteiger partial charge in [-0.2, -0.15) is 0 Å². The number of aromatic nitrogens is 1. The van der Waals surface area contributed by atoms with E-state index in [1.54, 1.807) is 30.5 Å². The lowest BCUT2D eigenvalue weighted by Crippen LogP contribution is -2.36. The molecule has 0 bridgehead atoms. The van der Waals surface area contributed by atoms with Gasteiger partial charge in [-0.15, -0.1) is 0 Å². The second kappa shape index (κ2) is 5.99. The molecule has 1 aliphatic rings. The average Bonchev–Trinajstić information content (AvgIpc) is 2.98. The molecule has 0 aliphatic heterocycles. The SMILES string of the molecule is O=C(COc1cccc2c(=O)[nH]ccc12)NC1CCCC1. The molecule has 1 aromatic carbocycles. The first-order valence-corrected chi connectivity index (χ1v) is 7.26. The Balaban J connectivity index is 1.69. The molecule has 2 aromatic rings. The molecule has 3 rings (SSSR count). The molecule has 0 spiro atoms. The Kier molecular flexibility index (Phi) is 3.90. The molecule has 1 heterocycles. The minimum absolute atomic E-state index is 0.0254. The number of amides is 1. The van der Waals surface area contributed by atoms with E-state index in [1.807, 2.05) is 0 Å². The molecule has 1 saturated carbocycles. The highest BCUT2D eigenvalue weighted by molar-refractivity contribution is 5.87. The van der Waals surface area contributed by atoms with Gasteiger partial charge < -0.3 is 15.0 Å². The third-order valence-electron chi connectivity index (χ3n) is 3.85. The molecule has 110 valence electrons. The van der Waals surface area contributed by atoms with Gasteiger partial charge in [0.25, 0.3) is 11.5 Å². The van der Waals surface area contributed by atoms with Crippen molar-refractivity contribution >= 4 is 16.7 Å². The van der Waals surface area contributed by atoms with Crippen molar-refractivity contribution in [2.45, 2.75) is 31.7 Å². The zero-order valence-electron chi connectivity index (χ0n) is 11.7. The van der Waals surface area contributed by atoms with Crippen molar-refractivity contribution in [2.24, 2.45) is 0 Å². The number of rotatable bonds is 4. The number of benzene rings is 1. The topological polar surface area (TPSA) is 71.2 Å². The molecule has 5 heteroatoms. The fourth-order valence-corrected chi connectivity index (χ4v) is 2.80. The molecule has 21 heavy (non-hydrogen) atoms. The van der Waals surface area contributed by atoms with Crippen LogP contribution in [-0.4, -0.2) is 23.5 Å². The lowest BCUT2D eigenvalue weighted by molar-refractivity contribution is -0.123. The Bertz CT molecular complexity index is 702. The van der Waals surface area contributed by atoms with E-state index in [0.29, 0.717) is 11.1 Å². The average molecular weight is 286 g/mol. The van der Waals surface area contributed by atoms with E-state index in [0.717, 1.165) is 18.2 Å². The molecule has 1 aromatic heterocycles. The van der Waals surface area contributed by atoms with Crippen LogP contribution < -0.4 is 15.6 Å². The number of pyridine rings is 1. The van der Waals surface area contributed by atoms with Crippen molar-refractivity contribution in [3.63, 3.8) is 0 Å². The van der Waals surface area contributed by atoms with Crippen LogP contribution in [0.4, 0.5) is 0 Å². The van der Waals surface area contributed by atoms with Gasteiger partial charge in [0.2, 0.25) is 0 Å². The molecule has 1 fully saturated rings. The van der Waals surface area contributed by atoms with E-state index in [1.165, 1.54) is 12.8 Å². The van der Waals surface area contributed by atoms with E-state index < -0.39 is 0 Å². The summed E-state index contributed by atoms with van der Waals surface area (Å²) in [6.07, 6.45) is 6.04. The normalized spacial score (nSPS) is 15.2. The van der Waals surface area contributed by atoms with Gasteiger partial charge in [0.1, 0.15) is 5.75 Å². The van der Waals surface area contributed by atoms with Crippen LogP contribution in [0.2, 0.25) is 0 Å². The van der Waals surface area contributed by atoms with Crippen LogP contribution in [0.5, 0.6) is 5.75 Å². The maximum absolute atomic E-state index is 11.9. The number of aromatic amines is 1. The summed E-state index contributed by atoms with van der Waals surface area (Å²) in [5.41, 5.74) is -0.159. The smallest absolute Gasteiger partial charge is 0.258 e. The van der Waals surface area contributed by atoms with Crippen molar-refractivity contribution < 1.29 is 9.53 Å². The van der Waals surface area contributed by atoms with Gasteiger partial charge in [0.05, 0.1) is 5.39 Å². The summed E-state index contributed by atoms with van der Waals surface area (Å²) >= 11 is 0. The summed E-state index contributed by atoms with van der Waals surface area (Å²) in [5, 5.41) is 4.26. The van der Waals surface area contributed by atoms with Gasteiger partial charge in [-0.25, -0.2) is 0 Å². The Hall–Kier alpha value is -2.30. The van der Waals surface area contributed by atoms with Gasteiger partial charge in [0.15, 0.2) is 6.61 Å². The van der Waals surface area contributed by atoms with E-state index >= 15 is 0 Å². The van der Waals surface area contributed by atoms with Gasteiger partial charge in [-0.1, -0.05) is 18.9 Å². The molecule has 1 amide bonds. The largest absolute Gasteiger partial charge is 0.483 e. The number of carbonyl (C=O) groups is 1. The Morgan fingerprint density at radius 2 is 2.05 bits per heavy atom. The zero-order valence-corrected chi connectivity index (χ0v) is 11.7. The summed E-state index contributed by atoms with van der Waals surface area (Å²) in [6, 6.07) is 7.32. The summed E-state index contributed by atoms with van der Waals surface area (Å²) in [7, 11) is 0. The van der Waals surface area contributed by atoms with Crippen molar-refractivity contribution in [1.29, 1.82) is 0 Å². The van der Waals surface area contributed by atoms with Crippen molar-refractivity contribution in [3.05, 3.63) is 40.8 Å². The Morgan fingerprint density at radius 1 is 1.24 bits per heavy atom. The maximum Gasteiger partial charge on any atom is 0.258 e. The quantitative estimate of drug-likeness (QED) is 0.902. The van der Waals surface area contributed by atoms with Crippen molar-refractivity contribution in [1.82, 2.24) is 10.3 Å². The predicted molar refractivity (Wildman–Crippen MR) is 80.5 cm³/mol. The molecule has 0 unspecified atom stereocenters. The highest BCUT2D eigenvalue weighted by atomic mass is 16.5. The van der Waals surface area contributed by atoms with E-state index in [-0.39, 0.29) is 24.1 Å². The molecule has 1 aliphatic carbocycles. The zero-order chi connectivity index (χ0) is 14.7. The van der Waals surface area contributed by atoms with Crippen molar-refractivity contribution in [3.8, 4) is 5.75 Å². The van der Waals surface area contributed by atoms with Crippen LogP contribution in [0, 0.1) is 0 Å². The highest BCUT2D eigenvalue weighted by Gasteiger charge is 2.17. The second-order valence-corrected chi connectivity index (χ2v) is 5.36. The Morgan fingerprint density at radius 3 is 2.86 bits per heavy atom. The first-order valence-electron chi connectivity index (χ1n) is 7.26. The van der Waals surface area contributed by atoms with Crippen LogP contribution >= 0.6 is 0 Å². The molecular weight excluding hydrogens is 268 g/mol. The molecule has 0 atom stereocenters. The van der Waals surface area contributed by atoms with Crippen LogP contribution in [-0.2, 0) is 4.79 Å². The number of carbonyl (C=O) groups excluding carboxylic acids is 1. The van der Waals surface area contributed by atoms with E-state index in [2.05, 4.69) is 10.3 Å². The van der Waals surface area contributed by atoms with Gasteiger partial charge in [0, 0.05) is 17.6 Å². The second-order valence-electron chi connectivity index (χ2n) is 5.36. The lowest BCUT2D eigenvalue weighted by atomic mass is 10.1. The molecule has 0 saturated heterocycles. The molecule has 5 nitrogen and oxygen atoms in total. The molecular formula is C16H18N2O3. The number of nitrogens with one attached hydrogen (secondary N) is 2. The summed E-state index contributed by atoms with van der Waals surface area (Å²) in [4.78, 5) is 26.2.